The molecule has 0 aliphatic rings. The van der Waals surface area contributed by atoms with Gasteiger partial charge in [0.15, 0.2) is 0 Å². The molecule has 0 atom stereocenters. The van der Waals surface area contributed by atoms with Gasteiger partial charge in [-0.2, -0.15) is 0 Å². The third-order valence-electron chi connectivity index (χ3n) is 4.28. The fourth-order valence-corrected chi connectivity index (χ4v) is 2.92. The van der Waals surface area contributed by atoms with Crippen LogP contribution in [-0.2, 0) is 0 Å². The number of hydrogen-bond donors (Lipinski definition) is 2. The normalized spacial score (nSPS) is 11.2. The summed E-state index contributed by atoms with van der Waals surface area (Å²) in [4.78, 5) is 19.5. The lowest BCUT2D eigenvalue weighted by Crippen LogP contribution is -2.09. The van der Waals surface area contributed by atoms with E-state index in [0.29, 0.717) is 22.2 Å². The van der Waals surface area contributed by atoms with Gasteiger partial charge in [0.2, 0.25) is 0 Å². The highest BCUT2D eigenvalue weighted by molar-refractivity contribution is 5.98. The van der Waals surface area contributed by atoms with Crippen LogP contribution in [0.4, 0.5) is 20.3 Å². The number of benzene rings is 2. The minimum Gasteiger partial charge on any atom is -0.340 e. The van der Waals surface area contributed by atoms with E-state index in [-0.39, 0.29) is 11.1 Å². The van der Waals surface area contributed by atoms with Gasteiger partial charge < -0.3 is 10.3 Å². The summed E-state index contributed by atoms with van der Waals surface area (Å²) in [6.45, 7) is 0. The van der Waals surface area contributed by atoms with Crippen molar-refractivity contribution in [2.45, 2.75) is 0 Å². The maximum absolute atomic E-state index is 13.9. The number of para-hydroxylation sites is 1. The molecule has 4 rings (SSSR count). The molecular formula is C22H15F2N3O. The molecule has 28 heavy (non-hydrogen) atoms. The Morgan fingerprint density at radius 1 is 0.964 bits per heavy atom. The second-order valence-electron chi connectivity index (χ2n) is 6.15. The molecule has 138 valence electrons. The highest BCUT2D eigenvalue weighted by Gasteiger charge is 2.10. The maximum atomic E-state index is 13.9. The number of pyridine rings is 2. The Kier molecular flexibility index (Phi) is 4.68. The zero-order chi connectivity index (χ0) is 19.5. The molecule has 4 nitrogen and oxygen atoms in total. The molecule has 2 heterocycles. The quantitative estimate of drug-likeness (QED) is 0.521. The van der Waals surface area contributed by atoms with Gasteiger partial charge in [0.25, 0.3) is 5.56 Å². The number of halogens is 2. The first-order valence-electron chi connectivity index (χ1n) is 8.57. The van der Waals surface area contributed by atoms with E-state index in [1.807, 2.05) is 30.3 Å². The van der Waals surface area contributed by atoms with Crippen molar-refractivity contribution in [3.63, 3.8) is 0 Å². The van der Waals surface area contributed by atoms with Crippen LogP contribution >= 0.6 is 0 Å². The molecule has 4 aromatic rings. The van der Waals surface area contributed by atoms with E-state index in [2.05, 4.69) is 15.3 Å². The van der Waals surface area contributed by atoms with Crippen LogP contribution in [-0.4, -0.2) is 9.97 Å². The Labute approximate surface area is 159 Å². The second-order valence-corrected chi connectivity index (χ2v) is 6.15. The molecule has 0 aliphatic carbocycles. The van der Waals surface area contributed by atoms with Crippen LogP contribution in [0.3, 0.4) is 0 Å². The first kappa shape index (κ1) is 17.6. The van der Waals surface area contributed by atoms with E-state index >= 15 is 0 Å². The van der Waals surface area contributed by atoms with Crippen molar-refractivity contribution in [1.82, 2.24) is 9.97 Å². The number of aromatic nitrogens is 2. The van der Waals surface area contributed by atoms with Crippen molar-refractivity contribution >= 4 is 34.4 Å². The molecule has 0 saturated carbocycles. The third kappa shape index (κ3) is 3.53. The molecule has 0 fully saturated rings. The second kappa shape index (κ2) is 7.44. The lowest BCUT2D eigenvalue weighted by molar-refractivity contribution is 0.581. The number of H-pyrrole nitrogens is 1. The molecule has 2 N–H and O–H groups in total. The topological polar surface area (TPSA) is 57.8 Å². The Morgan fingerprint density at radius 3 is 2.54 bits per heavy atom. The number of anilines is 2. The van der Waals surface area contributed by atoms with E-state index in [4.69, 9.17) is 0 Å². The van der Waals surface area contributed by atoms with Crippen LogP contribution < -0.4 is 10.9 Å². The zero-order valence-corrected chi connectivity index (χ0v) is 14.6. The van der Waals surface area contributed by atoms with Gasteiger partial charge in [-0.3, -0.25) is 4.79 Å². The van der Waals surface area contributed by atoms with Gasteiger partial charge in [-0.25, -0.2) is 13.8 Å². The molecule has 0 unspecified atom stereocenters. The summed E-state index contributed by atoms with van der Waals surface area (Å²) in [6, 6.07) is 14.5. The Hall–Kier alpha value is -3.80. The predicted molar refractivity (Wildman–Crippen MR) is 107 cm³/mol. The van der Waals surface area contributed by atoms with Crippen LogP contribution in [0.5, 0.6) is 0 Å². The van der Waals surface area contributed by atoms with Crippen molar-refractivity contribution in [2.75, 3.05) is 5.32 Å². The number of nitrogens with one attached hydrogen (secondary N) is 2. The summed E-state index contributed by atoms with van der Waals surface area (Å²) in [7, 11) is 0. The molecule has 0 bridgehead atoms. The van der Waals surface area contributed by atoms with Gasteiger partial charge in [-0.1, -0.05) is 30.4 Å². The number of fused-ring (bicyclic) bond motifs is 1. The fourth-order valence-electron chi connectivity index (χ4n) is 2.92. The van der Waals surface area contributed by atoms with Gasteiger partial charge in [0.1, 0.15) is 17.5 Å². The Balaban J connectivity index is 1.78. The molecule has 0 amide bonds. The molecular weight excluding hydrogens is 360 g/mol. The van der Waals surface area contributed by atoms with Gasteiger partial charge in [-0.15, -0.1) is 0 Å². The molecule has 0 spiro atoms. The van der Waals surface area contributed by atoms with Crippen molar-refractivity contribution in [3.8, 4) is 0 Å². The van der Waals surface area contributed by atoms with E-state index in [0.717, 1.165) is 11.8 Å². The molecule has 2 aromatic carbocycles. The standard InChI is InChI=1S/C22H15F2N3O/c23-16-9-8-14(19(24)12-16)6-7-15-13-26-21(27-17-4-2-1-3-5-17)20-18(15)10-11-25-22(20)28/h1-13H,(H,25,28)(H,26,27)/b7-6+. The fraction of sp³-hybridized carbons (Fsp3) is 0. The largest absolute Gasteiger partial charge is 0.340 e. The van der Waals surface area contributed by atoms with Crippen LogP contribution in [0.1, 0.15) is 11.1 Å². The molecule has 0 radical (unpaired) electrons. The monoisotopic (exact) mass is 375 g/mol. The number of nitrogens with zero attached hydrogens (tertiary/aromatic N) is 1. The highest BCUT2D eigenvalue weighted by Crippen LogP contribution is 2.25. The zero-order valence-electron chi connectivity index (χ0n) is 14.6. The summed E-state index contributed by atoms with van der Waals surface area (Å²) in [5, 5.41) is 4.21. The van der Waals surface area contributed by atoms with Gasteiger partial charge in [0, 0.05) is 40.7 Å². The SMILES string of the molecule is O=c1[nH]ccc2c(/C=C/c3ccc(F)cc3F)cnc(Nc3ccccc3)c12. The van der Waals surface area contributed by atoms with Crippen molar-refractivity contribution in [2.24, 2.45) is 0 Å². The van der Waals surface area contributed by atoms with E-state index < -0.39 is 11.6 Å². The van der Waals surface area contributed by atoms with Crippen LogP contribution in [0.25, 0.3) is 22.9 Å². The Morgan fingerprint density at radius 2 is 1.75 bits per heavy atom. The first-order valence-corrected chi connectivity index (χ1v) is 8.57. The average molecular weight is 375 g/mol. The highest BCUT2D eigenvalue weighted by atomic mass is 19.1. The number of hydrogen-bond acceptors (Lipinski definition) is 3. The van der Waals surface area contributed by atoms with Crippen LogP contribution in [0.2, 0.25) is 0 Å². The minimum atomic E-state index is -0.659. The van der Waals surface area contributed by atoms with E-state index in [9.17, 15) is 13.6 Å². The summed E-state index contributed by atoms with van der Waals surface area (Å²) in [5.74, 6) is -0.869. The van der Waals surface area contributed by atoms with Gasteiger partial charge >= 0.3 is 0 Å². The van der Waals surface area contributed by atoms with Gasteiger partial charge in [-0.05, 0) is 30.3 Å². The lowest BCUT2D eigenvalue weighted by atomic mass is 10.1. The van der Waals surface area contributed by atoms with Crippen molar-refractivity contribution < 1.29 is 8.78 Å². The lowest BCUT2D eigenvalue weighted by Gasteiger charge is -2.10. The molecule has 0 aliphatic heterocycles. The average Bonchev–Trinajstić information content (AvgIpc) is 2.69. The predicted octanol–water partition coefficient (Wildman–Crippen LogP) is 5.12. The number of rotatable bonds is 4. The molecule has 2 aromatic heterocycles. The maximum Gasteiger partial charge on any atom is 0.259 e. The smallest absolute Gasteiger partial charge is 0.259 e. The summed E-state index contributed by atoms with van der Waals surface area (Å²) < 4.78 is 26.9. The number of aromatic amines is 1. The summed E-state index contributed by atoms with van der Waals surface area (Å²) in [5.41, 5.74) is 1.40. The van der Waals surface area contributed by atoms with Crippen molar-refractivity contribution in [3.05, 3.63) is 100 Å². The van der Waals surface area contributed by atoms with Crippen LogP contribution in [0.15, 0.2) is 71.8 Å². The summed E-state index contributed by atoms with van der Waals surface area (Å²) in [6.07, 6.45) is 6.33. The molecule has 6 heteroatoms. The first-order chi connectivity index (χ1) is 13.6. The van der Waals surface area contributed by atoms with Crippen LogP contribution in [0, 0.1) is 11.6 Å². The molecule has 0 saturated heterocycles. The summed E-state index contributed by atoms with van der Waals surface area (Å²) >= 11 is 0. The minimum absolute atomic E-state index is 0.242. The van der Waals surface area contributed by atoms with Crippen molar-refractivity contribution in [1.29, 1.82) is 0 Å². The van der Waals surface area contributed by atoms with Gasteiger partial charge in [0.05, 0.1) is 5.39 Å². The van der Waals surface area contributed by atoms with E-state index in [1.165, 1.54) is 18.2 Å². The Bertz CT molecular complexity index is 1230. The third-order valence-corrected chi connectivity index (χ3v) is 4.28. The van der Waals surface area contributed by atoms with E-state index in [1.54, 1.807) is 24.5 Å².